The van der Waals surface area contributed by atoms with E-state index in [0.29, 0.717) is 23.2 Å². The molecule has 2 aliphatic rings. The van der Waals surface area contributed by atoms with Crippen LogP contribution in [0.25, 0.3) is 0 Å². The van der Waals surface area contributed by atoms with E-state index in [1.165, 1.54) is 15.6 Å². The molecule has 3 unspecified atom stereocenters. The summed E-state index contributed by atoms with van der Waals surface area (Å²) in [7, 11) is -3.56. The molecule has 1 aromatic rings. The van der Waals surface area contributed by atoms with E-state index in [1.807, 2.05) is 0 Å². The fourth-order valence-electron chi connectivity index (χ4n) is 3.38. The molecule has 0 saturated carbocycles. The molecule has 0 aliphatic carbocycles. The van der Waals surface area contributed by atoms with E-state index >= 15 is 0 Å². The Kier molecular flexibility index (Phi) is 5.05. The van der Waals surface area contributed by atoms with Crippen molar-refractivity contribution in [3.63, 3.8) is 0 Å². The van der Waals surface area contributed by atoms with Crippen LogP contribution in [-0.4, -0.2) is 49.8 Å². The molecule has 3 rings (SSSR count). The van der Waals surface area contributed by atoms with Crippen molar-refractivity contribution < 1.29 is 13.2 Å². The maximum absolute atomic E-state index is 12.7. The molecule has 0 bridgehead atoms. The minimum atomic E-state index is -3.56. The minimum Gasteiger partial charge on any atom is -0.352 e. The predicted molar refractivity (Wildman–Crippen MR) is 89.9 cm³/mol. The van der Waals surface area contributed by atoms with Crippen molar-refractivity contribution >= 4 is 27.3 Å². The Bertz CT molecular complexity index is 645. The minimum absolute atomic E-state index is 0.130. The number of amides is 1. The van der Waals surface area contributed by atoms with Crippen LogP contribution >= 0.6 is 11.3 Å². The Morgan fingerprint density at radius 2 is 2.26 bits per heavy atom. The summed E-state index contributed by atoms with van der Waals surface area (Å²) in [6.45, 7) is 3.40. The molecule has 0 radical (unpaired) electrons. The summed E-state index contributed by atoms with van der Waals surface area (Å²) in [5.41, 5.74) is 0. The van der Waals surface area contributed by atoms with Crippen LogP contribution in [0.1, 0.15) is 32.6 Å². The van der Waals surface area contributed by atoms with E-state index < -0.39 is 16.1 Å². The van der Waals surface area contributed by atoms with Gasteiger partial charge >= 0.3 is 0 Å². The van der Waals surface area contributed by atoms with Crippen molar-refractivity contribution in [2.45, 2.75) is 54.9 Å². The van der Waals surface area contributed by atoms with Crippen molar-refractivity contribution in [3.8, 4) is 0 Å². The van der Waals surface area contributed by atoms with Gasteiger partial charge in [0.05, 0.1) is 0 Å². The number of piperidine rings is 1. The largest absolute Gasteiger partial charge is 0.352 e. The summed E-state index contributed by atoms with van der Waals surface area (Å²) in [5.74, 6) is -0.151. The SMILES string of the molecule is CC1CC(NC(=O)C2CCCN2S(=O)(=O)c2cccs2)CCN1. The van der Waals surface area contributed by atoms with Gasteiger partial charge in [0.15, 0.2) is 0 Å². The van der Waals surface area contributed by atoms with Gasteiger partial charge in [-0.3, -0.25) is 4.79 Å². The summed E-state index contributed by atoms with van der Waals surface area (Å²) in [4.78, 5) is 12.6. The highest BCUT2D eigenvalue weighted by atomic mass is 32.2. The highest BCUT2D eigenvalue weighted by Gasteiger charge is 2.40. The molecular weight excluding hydrogens is 334 g/mol. The zero-order valence-electron chi connectivity index (χ0n) is 13.2. The Morgan fingerprint density at radius 1 is 1.43 bits per heavy atom. The summed E-state index contributed by atoms with van der Waals surface area (Å²) in [6, 6.07) is 3.25. The quantitative estimate of drug-likeness (QED) is 0.848. The van der Waals surface area contributed by atoms with Crippen molar-refractivity contribution in [1.29, 1.82) is 0 Å². The molecule has 2 aliphatic heterocycles. The van der Waals surface area contributed by atoms with E-state index in [4.69, 9.17) is 0 Å². The molecule has 0 aromatic carbocycles. The average Bonchev–Trinajstić information content (AvgIpc) is 3.19. The third kappa shape index (κ3) is 3.60. The van der Waals surface area contributed by atoms with Crippen molar-refractivity contribution in [2.24, 2.45) is 0 Å². The number of hydrogen-bond donors (Lipinski definition) is 2. The second kappa shape index (κ2) is 6.88. The average molecular weight is 358 g/mol. The van der Waals surface area contributed by atoms with Crippen molar-refractivity contribution in [2.75, 3.05) is 13.1 Å². The molecule has 0 spiro atoms. The van der Waals surface area contributed by atoms with Gasteiger partial charge in [0.2, 0.25) is 5.91 Å². The third-order valence-corrected chi connectivity index (χ3v) is 7.82. The first-order chi connectivity index (χ1) is 11.0. The first-order valence-electron chi connectivity index (χ1n) is 8.07. The highest BCUT2D eigenvalue weighted by molar-refractivity contribution is 7.91. The number of rotatable bonds is 4. The van der Waals surface area contributed by atoms with Gasteiger partial charge in [-0.1, -0.05) is 6.07 Å². The van der Waals surface area contributed by atoms with Gasteiger partial charge in [-0.15, -0.1) is 11.3 Å². The second-order valence-corrected chi connectivity index (χ2v) is 9.36. The topological polar surface area (TPSA) is 78.5 Å². The molecule has 2 N–H and O–H groups in total. The Labute approximate surface area is 141 Å². The van der Waals surface area contributed by atoms with Gasteiger partial charge in [-0.05, 0) is 50.6 Å². The van der Waals surface area contributed by atoms with Crippen molar-refractivity contribution in [1.82, 2.24) is 14.9 Å². The summed E-state index contributed by atoms with van der Waals surface area (Å²) in [6.07, 6.45) is 3.10. The normalized spacial score (nSPS) is 29.5. The van der Waals surface area contributed by atoms with Crippen LogP contribution in [0.4, 0.5) is 0 Å². The maximum atomic E-state index is 12.7. The Balaban J connectivity index is 1.70. The number of sulfonamides is 1. The van der Waals surface area contributed by atoms with Crippen LogP contribution in [0.3, 0.4) is 0 Å². The number of nitrogens with zero attached hydrogens (tertiary/aromatic N) is 1. The van der Waals surface area contributed by atoms with E-state index in [9.17, 15) is 13.2 Å². The van der Waals surface area contributed by atoms with Gasteiger partial charge < -0.3 is 10.6 Å². The number of carbonyl (C=O) groups excluding carboxylic acids is 1. The molecule has 2 fully saturated rings. The Morgan fingerprint density at radius 3 is 2.96 bits per heavy atom. The smallest absolute Gasteiger partial charge is 0.253 e. The van der Waals surface area contributed by atoms with Crippen LogP contribution in [0.5, 0.6) is 0 Å². The van der Waals surface area contributed by atoms with Gasteiger partial charge in [0.25, 0.3) is 10.0 Å². The number of thiophene rings is 1. The zero-order chi connectivity index (χ0) is 16.4. The summed E-state index contributed by atoms with van der Waals surface area (Å²) in [5, 5.41) is 8.15. The zero-order valence-corrected chi connectivity index (χ0v) is 14.8. The highest BCUT2D eigenvalue weighted by Crippen LogP contribution is 2.28. The molecule has 128 valence electrons. The molecule has 23 heavy (non-hydrogen) atoms. The predicted octanol–water partition coefficient (Wildman–Crippen LogP) is 1.16. The fourth-order valence-corrected chi connectivity index (χ4v) is 6.15. The van der Waals surface area contributed by atoms with Crippen LogP contribution in [-0.2, 0) is 14.8 Å². The third-order valence-electron chi connectivity index (χ3n) is 4.53. The number of nitrogens with one attached hydrogen (secondary N) is 2. The van der Waals surface area contributed by atoms with E-state index in [0.717, 1.165) is 25.8 Å². The van der Waals surface area contributed by atoms with Crippen molar-refractivity contribution in [3.05, 3.63) is 17.5 Å². The fraction of sp³-hybridized carbons (Fsp3) is 0.667. The first kappa shape index (κ1) is 16.9. The lowest BCUT2D eigenvalue weighted by molar-refractivity contribution is -0.125. The molecule has 8 heteroatoms. The van der Waals surface area contributed by atoms with Crippen LogP contribution < -0.4 is 10.6 Å². The van der Waals surface area contributed by atoms with E-state index in [1.54, 1.807) is 17.5 Å². The van der Waals surface area contributed by atoms with E-state index in [2.05, 4.69) is 17.6 Å². The Hall–Kier alpha value is -0.960. The van der Waals surface area contributed by atoms with E-state index in [-0.39, 0.29) is 11.9 Å². The lowest BCUT2D eigenvalue weighted by atomic mass is 10.0. The standard InChI is InChI=1S/C15H23N3O3S2/c1-11-10-12(6-7-16-11)17-15(19)13-4-2-8-18(13)23(20,21)14-5-3-9-22-14/h3,5,9,11-13,16H,2,4,6-8,10H2,1H3,(H,17,19). The summed E-state index contributed by atoms with van der Waals surface area (Å²) >= 11 is 1.20. The van der Waals surface area contributed by atoms with Gasteiger partial charge in [-0.2, -0.15) is 4.31 Å². The number of hydrogen-bond acceptors (Lipinski definition) is 5. The number of carbonyl (C=O) groups is 1. The van der Waals surface area contributed by atoms with Crippen LogP contribution in [0.2, 0.25) is 0 Å². The molecule has 1 aromatic heterocycles. The van der Waals surface area contributed by atoms with Crippen LogP contribution in [0.15, 0.2) is 21.7 Å². The molecule has 1 amide bonds. The molecule has 3 atom stereocenters. The molecule has 6 nitrogen and oxygen atoms in total. The first-order valence-corrected chi connectivity index (χ1v) is 10.4. The monoisotopic (exact) mass is 357 g/mol. The lowest BCUT2D eigenvalue weighted by Crippen LogP contribution is -2.52. The summed E-state index contributed by atoms with van der Waals surface area (Å²) < 4.78 is 27.1. The maximum Gasteiger partial charge on any atom is 0.253 e. The lowest BCUT2D eigenvalue weighted by Gasteiger charge is -2.30. The van der Waals surface area contributed by atoms with Gasteiger partial charge in [0.1, 0.15) is 10.3 Å². The van der Waals surface area contributed by atoms with Gasteiger partial charge in [0, 0.05) is 18.6 Å². The van der Waals surface area contributed by atoms with Gasteiger partial charge in [-0.25, -0.2) is 8.42 Å². The van der Waals surface area contributed by atoms with Crippen LogP contribution in [0, 0.1) is 0 Å². The second-order valence-electron chi connectivity index (χ2n) is 6.29. The molecular formula is C15H23N3O3S2. The molecule has 2 saturated heterocycles. The molecule has 3 heterocycles.